The Labute approximate surface area is 141 Å². The van der Waals surface area contributed by atoms with Crippen LogP contribution < -0.4 is 10.6 Å². The summed E-state index contributed by atoms with van der Waals surface area (Å²) >= 11 is 0.405. The molecule has 1 saturated heterocycles. The molecule has 0 aromatic heterocycles. The summed E-state index contributed by atoms with van der Waals surface area (Å²) in [5, 5.41) is 4.99. The van der Waals surface area contributed by atoms with Gasteiger partial charge in [0.2, 0.25) is 5.91 Å². The van der Waals surface area contributed by atoms with Crippen LogP contribution in [0, 0.1) is 0 Å². The average molecular weight is 358 g/mol. The number of benzene rings is 1. The number of carbonyl (C=O) groups is 3. The zero-order valence-electron chi connectivity index (χ0n) is 12.8. The number of alkyl halides is 2. The van der Waals surface area contributed by atoms with Crippen molar-refractivity contribution in [3.8, 4) is 0 Å². The number of halogens is 2. The number of hydrogen-bond acceptors (Lipinski definition) is 5. The first-order valence-corrected chi connectivity index (χ1v) is 8.08. The van der Waals surface area contributed by atoms with Crippen molar-refractivity contribution in [2.45, 2.75) is 42.6 Å². The van der Waals surface area contributed by atoms with E-state index in [0.29, 0.717) is 28.8 Å². The summed E-state index contributed by atoms with van der Waals surface area (Å²) in [6.07, 6.45) is -0.455. The molecule has 24 heavy (non-hydrogen) atoms. The van der Waals surface area contributed by atoms with Crippen molar-refractivity contribution in [3.05, 3.63) is 24.3 Å². The number of thioether (sulfide) groups is 1. The van der Waals surface area contributed by atoms with E-state index in [9.17, 15) is 23.2 Å². The van der Waals surface area contributed by atoms with E-state index in [2.05, 4.69) is 10.6 Å². The quantitative estimate of drug-likeness (QED) is 0.601. The molecule has 0 unspecified atom stereocenters. The number of anilines is 1. The molecular weight excluding hydrogens is 342 g/mol. The number of hydrogen-bond donors (Lipinski definition) is 2. The van der Waals surface area contributed by atoms with Crippen LogP contribution in [-0.4, -0.2) is 35.7 Å². The van der Waals surface area contributed by atoms with E-state index >= 15 is 0 Å². The number of esters is 1. The SMILES string of the molecule is C[C@H](OC(=O)[C@H]1CCC(=O)N1)C(=O)Nc1ccc(SC(F)F)cc1. The van der Waals surface area contributed by atoms with Gasteiger partial charge in [-0.25, -0.2) is 4.79 Å². The molecule has 130 valence electrons. The van der Waals surface area contributed by atoms with Crippen LogP contribution >= 0.6 is 11.8 Å². The minimum Gasteiger partial charge on any atom is -0.451 e. The highest BCUT2D eigenvalue weighted by Gasteiger charge is 2.30. The van der Waals surface area contributed by atoms with Crippen molar-refractivity contribution in [2.24, 2.45) is 0 Å². The average Bonchev–Trinajstić information content (AvgIpc) is 2.95. The third kappa shape index (κ3) is 5.19. The summed E-state index contributed by atoms with van der Waals surface area (Å²) < 4.78 is 29.5. The van der Waals surface area contributed by atoms with Crippen LogP contribution in [0.5, 0.6) is 0 Å². The summed E-state index contributed by atoms with van der Waals surface area (Å²) in [5.74, 6) is -3.95. The Morgan fingerprint density at radius 1 is 1.33 bits per heavy atom. The Bertz CT molecular complexity index is 624. The molecule has 9 heteroatoms. The van der Waals surface area contributed by atoms with Gasteiger partial charge in [0.15, 0.2) is 6.10 Å². The molecule has 0 radical (unpaired) electrons. The lowest BCUT2D eigenvalue weighted by atomic mass is 10.2. The summed E-state index contributed by atoms with van der Waals surface area (Å²) in [7, 11) is 0. The zero-order chi connectivity index (χ0) is 17.7. The van der Waals surface area contributed by atoms with Crippen LogP contribution in [0.15, 0.2) is 29.2 Å². The largest absolute Gasteiger partial charge is 0.451 e. The number of ether oxygens (including phenoxy) is 1. The molecule has 2 amide bonds. The Hall–Kier alpha value is -2.16. The van der Waals surface area contributed by atoms with E-state index in [0.717, 1.165) is 0 Å². The Morgan fingerprint density at radius 3 is 2.54 bits per heavy atom. The van der Waals surface area contributed by atoms with Gasteiger partial charge in [0.1, 0.15) is 6.04 Å². The molecule has 1 aromatic carbocycles. The van der Waals surface area contributed by atoms with Crippen molar-refractivity contribution < 1.29 is 27.9 Å². The summed E-state index contributed by atoms with van der Waals surface area (Å²) in [4.78, 5) is 35.2. The molecule has 0 spiro atoms. The van der Waals surface area contributed by atoms with E-state index in [-0.39, 0.29) is 12.3 Å². The Balaban J connectivity index is 1.84. The normalized spacial score (nSPS) is 18.2. The van der Waals surface area contributed by atoms with Crippen LogP contribution in [-0.2, 0) is 19.1 Å². The number of carbonyl (C=O) groups excluding carboxylic acids is 3. The predicted octanol–water partition coefficient (Wildman–Crippen LogP) is 2.15. The van der Waals surface area contributed by atoms with Gasteiger partial charge in [-0.1, -0.05) is 11.8 Å². The van der Waals surface area contributed by atoms with Gasteiger partial charge in [-0.05, 0) is 37.6 Å². The van der Waals surface area contributed by atoms with Crippen LogP contribution in [0.4, 0.5) is 14.5 Å². The van der Waals surface area contributed by atoms with Gasteiger partial charge in [0.05, 0.1) is 0 Å². The molecule has 6 nitrogen and oxygen atoms in total. The molecule has 0 aliphatic carbocycles. The fraction of sp³-hybridized carbons (Fsp3) is 0.400. The van der Waals surface area contributed by atoms with Crippen molar-refractivity contribution in [3.63, 3.8) is 0 Å². The molecule has 2 atom stereocenters. The smallest absolute Gasteiger partial charge is 0.329 e. The monoisotopic (exact) mass is 358 g/mol. The Kier molecular flexibility index (Phi) is 6.13. The van der Waals surface area contributed by atoms with Crippen molar-refractivity contribution >= 4 is 35.2 Å². The molecule has 0 saturated carbocycles. The van der Waals surface area contributed by atoms with E-state index in [1.807, 2.05) is 0 Å². The first-order chi connectivity index (χ1) is 11.3. The van der Waals surface area contributed by atoms with Crippen LogP contribution in [0.25, 0.3) is 0 Å². The van der Waals surface area contributed by atoms with Gasteiger partial charge in [0, 0.05) is 17.0 Å². The fourth-order valence-electron chi connectivity index (χ4n) is 2.06. The first kappa shape index (κ1) is 18.2. The second kappa shape index (κ2) is 8.09. The fourth-order valence-corrected chi connectivity index (χ4v) is 2.56. The van der Waals surface area contributed by atoms with Crippen LogP contribution in [0.3, 0.4) is 0 Å². The molecular formula is C15H16F2N2O4S. The molecule has 1 aromatic rings. The summed E-state index contributed by atoms with van der Waals surface area (Å²) in [5.41, 5.74) is 0.399. The van der Waals surface area contributed by atoms with E-state index in [1.165, 1.54) is 31.2 Å². The van der Waals surface area contributed by atoms with Gasteiger partial charge in [-0.3, -0.25) is 9.59 Å². The number of nitrogens with one attached hydrogen (secondary N) is 2. The second-order valence-corrected chi connectivity index (χ2v) is 6.19. The first-order valence-electron chi connectivity index (χ1n) is 7.21. The Morgan fingerprint density at radius 2 is 2.00 bits per heavy atom. The summed E-state index contributed by atoms with van der Waals surface area (Å²) in [6.45, 7) is 1.41. The van der Waals surface area contributed by atoms with Crippen molar-refractivity contribution in [1.29, 1.82) is 0 Å². The van der Waals surface area contributed by atoms with Gasteiger partial charge in [-0.15, -0.1) is 0 Å². The third-order valence-electron chi connectivity index (χ3n) is 3.29. The maximum absolute atomic E-state index is 12.2. The molecule has 1 aliphatic rings. The third-order valence-corrected chi connectivity index (χ3v) is 4.01. The highest BCUT2D eigenvalue weighted by molar-refractivity contribution is 7.99. The number of amides is 2. The van der Waals surface area contributed by atoms with Gasteiger partial charge >= 0.3 is 5.97 Å². The van der Waals surface area contributed by atoms with Crippen molar-refractivity contribution in [2.75, 3.05) is 5.32 Å². The minimum atomic E-state index is -2.51. The molecule has 1 fully saturated rings. The maximum atomic E-state index is 12.2. The van der Waals surface area contributed by atoms with E-state index < -0.39 is 29.8 Å². The lowest BCUT2D eigenvalue weighted by molar-refractivity contribution is -0.155. The van der Waals surface area contributed by atoms with E-state index in [1.54, 1.807) is 0 Å². The summed E-state index contributed by atoms with van der Waals surface area (Å²) in [6, 6.07) is 5.15. The van der Waals surface area contributed by atoms with Crippen LogP contribution in [0.1, 0.15) is 19.8 Å². The highest BCUT2D eigenvalue weighted by atomic mass is 32.2. The molecule has 2 N–H and O–H groups in total. The maximum Gasteiger partial charge on any atom is 0.329 e. The molecule has 1 aliphatic heterocycles. The number of rotatable bonds is 6. The zero-order valence-corrected chi connectivity index (χ0v) is 13.6. The topological polar surface area (TPSA) is 84.5 Å². The standard InChI is InChI=1S/C15H16F2N2O4S/c1-8(23-14(22)11-6-7-12(20)19-11)13(21)18-9-2-4-10(5-3-9)24-15(16)17/h2-5,8,11,15H,6-7H2,1H3,(H,18,21)(H,19,20)/t8-,11+/m0/s1. The van der Waals surface area contributed by atoms with Crippen LogP contribution in [0.2, 0.25) is 0 Å². The van der Waals surface area contributed by atoms with Gasteiger partial charge in [0.25, 0.3) is 11.7 Å². The highest BCUT2D eigenvalue weighted by Crippen LogP contribution is 2.26. The van der Waals surface area contributed by atoms with Gasteiger partial charge in [-0.2, -0.15) is 8.78 Å². The molecule has 1 heterocycles. The lowest BCUT2D eigenvalue weighted by Gasteiger charge is -2.16. The lowest BCUT2D eigenvalue weighted by Crippen LogP contribution is -2.39. The van der Waals surface area contributed by atoms with Gasteiger partial charge < -0.3 is 15.4 Å². The predicted molar refractivity (Wildman–Crippen MR) is 83.7 cm³/mol. The second-order valence-electron chi connectivity index (χ2n) is 5.13. The minimum absolute atomic E-state index is 0.226. The van der Waals surface area contributed by atoms with Crippen molar-refractivity contribution in [1.82, 2.24) is 5.32 Å². The molecule has 0 bridgehead atoms. The molecule has 2 rings (SSSR count). The van der Waals surface area contributed by atoms with E-state index in [4.69, 9.17) is 4.74 Å².